The van der Waals surface area contributed by atoms with Gasteiger partial charge >= 0.3 is 0 Å². The highest BCUT2D eigenvalue weighted by Gasteiger charge is 2.21. The van der Waals surface area contributed by atoms with Crippen molar-refractivity contribution in [3.63, 3.8) is 0 Å². The Kier molecular flexibility index (Phi) is 2.52. The van der Waals surface area contributed by atoms with Crippen LogP contribution in [-0.4, -0.2) is 9.78 Å². The second-order valence-corrected chi connectivity index (χ2v) is 5.16. The van der Waals surface area contributed by atoms with Crippen molar-refractivity contribution in [2.45, 2.75) is 33.1 Å². The van der Waals surface area contributed by atoms with Crippen LogP contribution in [0.2, 0.25) is 0 Å². The van der Waals surface area contributed by atoms with Crippen molar-refractivity contribution in [1.29, 1.82) is 0 Å². The van der Waals surface area contributed by atoms with E-state index in [1.165, 1.54) is 15.0 Å². The van der Waals surface area contributed by atoms with Crippen molar-refractivity contribution < 1.29 is 0 Å². The maximum absolute atomic E-state index is 4.49. The molecule has 0 fully saturated rings. The maximum Gasteiger partial charge on any atom is 0.102 e. The fraction of sp³-hybridized carbons (Fsp3) is 0.667. The average molecular weight is 278 g/mol. The molecule has 0 spiro atoms. The molecule has 0 N–H and O–H groups in total. The van der Waals surface area contributed by atoms with Crippen LogP contribution in [0.3, 0.4) is 0 Å². The van der Waals surface area contributed by atoms with Gasteiger partial charge in [-0.05, 0) is 29.5 Å². The molecule has 68 valence electrons. The minimum absolute atomic E-state index is 0.158. The van der Waals surface area contributed by atoms with Crippen LogP contribution in [0.15, 0.2) is 0 Å². The van der Waals surface area contributed by atoms with E-state index in [0.717, 1.165) is 0 Å². The fourth-order valence-electron chi connectivity index (χ4n) is 1.32. The summed E-state index contributed by atoms with van der Waals surface area (Å²) in [6, 6.07) is 0. The summed E-state index contributed by atoms with van der Waals surface area (Å²) in [5, 5.41) is 4.49. The van der Waals surface area contributed by atoms with Gasteiger partial charge in [0.2, 0.25) is 0 Å². The first-order valence-corrected chi connectivity index (χ1v) is 5.11. The molecule has 0 unspecified atom stereocenters. The summed E-state index contributed by atoms with van der Waals surface area (Å²) in [7, 11) is 1.99. The summed E-state index contributed by atoms with van der Waals surface area (Å²) in [6.45, 7) is 8.71. The van der Waals surface area contributed by atoms with Gasteiger partial charge in [0.1, 0.15) is 3.70 Å². The largest absolute Gasteiger partial charge is 0.262 e. The van der Waals surface area contributed by atoms with Crippen LogP contribution in [0.1, 0.15) is 32.0 Å². The van der Waals surface area contributed by atoms with Gasteiger partial charge < -0.3 is 0 Å². The Balaban J connectivity index is 3.28. The van der Waals surface area contributed by atoms with Crippen LogP contribution in [0.25, 0.3) is 0 Å². The SMILES string of the molecule is Cc1c(C(C)(C)C)nn(C)c1I. The zero-order chi connectivity index (χ0) is 9.52. The molecular formula is C9H15IN2. The van der Waals surface area contributed by atoms with Crippen LogP contribution >= 0.6 is 22.6 Å². The van der Waals surface area contributed by atoms with Gasteiger partial charge in [-0.25, -0.2) is 0 Å². The fourth-order valence-corrected chi connectivity index (χ4v) is 1.69. The van der Waals surface area contributed by atoms with E-state index < -0.39 is 0 Å². The van der Waals surface area contributed by atoms with Crippen molar-refractivity contribution in [2.24, 2.45) is 7.05 Å². The lowest BCUT2D eigenvalue weighted by molar-refractivity contribution is 0.550. The minimum atomic E-state index is 0.158. The molecule has 0 aromatic carbocycles. The lowest BCUT2D eigenvalue weighted by Gasteiger charge is -2.15. The quantitative estimate of drug-likeness (QED) is 0.667. The number of nitrogens with zero attached hydrogens (tertiary/aromatic N) is 2. The van der Waals surface area contributed by atoms with Gasteiger partial charge in [0, 0.05) is 18.0 Å². The van der Waals surface area contributed by atoms with Gasteiger partial charge in [0.15, 0.2) is 0 Å². The first kappa shape index (κ1) is 10.0. The molecule has 3 heteroatoms. The van der Waals surface area contributed by atoms with Gasteiger partial charge in [-0.15, -0.1) is 0 Å². The molecule has 2 nitrogen and oxygen atoms in total. The molecule has 0 amide bonds. The van der Waals surface area contributed by atoms with Crippen molar-refractivity contribution in [1.82, 2.24) is 9.78 Å². The molecule has 0 aliphatic heterocycles. The zero-order valence-electron chi connectivity index (χ0n) is 8.27. The summed E-state index contributed by atoms with van der Waals surface area (Å²) < 4.78 is 3.17. The van der Waals surface area contributed by atoms with Crippen molar-refractivity contribution in [3.8, 4) is 0 Å². The minimum Gasteiger partial charge on any atom is -0.262 e. The van der Waals surface area contributed by atoms with Crippen molar-refractivity contribution in [2.75, 3.05) is 0 Å². The highest BCUT2D eigenvalue weighted by atomic mass is 127. The predicted octanol–water partition coefficient (Wildman–Crippen LogP) is 2.63. The monoisotopic (exact) mass is 278 g/mol. The molecular weight excluding hydrogens is 263 g/mol. The van der Waals surface area contributed by atoms with E-state index in [2.05, 4.69) is 55.4 Å². The average Bonchev–Trinajstić information content (AvgIpc) is 2.15. The Hall–Kier alpha value is -0.0600. The smallest absolute Gasteiger partial charge is 0.102 e. The molecule has 1 rings (SSSR count). The molecule has 0 saturated heterocycles. The molecule has 1 heterocycles. The van der Waals surface area contributed by atoms with Gasteiger partial charge in [-0.1, -0.05) is 20.8 Å². The number of rotatable bonds is 0. The highest BCUT2D eigenvalue weighted by Crippen LogP contribution is 2.26. The number of halogens is 1. The zero-order valence-corrected chi connectivity index (χ0v) is 10.4. The summed E-state index contributed by atoms with van der Waals surface area (Å²) in [5.41, 5.74) is 2.67. The van der Waals surface area contributed by atoms with Gasteiger partial charge in [0.25, 0.3) is 0 Å². The molecule has 1 aromatic rings. The number of aromatic nitrogens is 2. The van der Waals surface area contributed by atoms with E-state index in [0.29, 0.717) is 0 Å². The normalized spacial score (nSPS) is 12.2. The summed E-state index contributed by atoms with van der Waals surface area (Å²) in [6.07, 6.45) is 0. The second-order valence-electron chi connectivity index (χ2n) is 4.14. The lowest BCUT2D eigenvalue weighted by Crippen LogP contribution is -2.13. The Labute approximate surface area is 87.5 Å². The van der Waals surface area contributed by atoms with E-state index in [1.54, 1.807) is 0 Å². The van der Waals surface area contributed by atoms with Crippen LogP contribution in [-0.2, 0) is 12.5 Å². The Morgan fingerprint density at radius 1 is 1.33 bits per heavy atom. The molecule has 0 aliphatic rings. The third-order valence-corrected chi connectivity index (χ3v) is 3.42. The number of hydrogen-bond acceptors (Lipinski definition) is 1. The van der Waals surface area contributed by atoms with Gasteiger partial charge in [-0.3, -0.25) is 4.68 Å². The molecule has 0 bridgehead atoms. The van der Waals surface area contributed by atoms with E-state index in [-0.39, 0.29) is 5.41 Å². The summed E-state index contributed by atoms with van der Waals surface area (Å²) in [4.78, 5) is 0. The number of aryl methyl sites for hydroxylation is 1. The van der Waals surface area contributed by atoms with E-state index in [4.69, 9.17) is 0 Å². The van der Waals surface area contributed by atoms with E-state index in [1.807, 2.05) is 11.7 Å². The third-order valence-electron chi connectivity index (χ3n) is 1.91. The summed E-state index contributed by atoms with van der Waals surface area (Å²) >= 11 is 2.33. The molecule has 0 saturated carbocycles. The molecule has 0 radical (unpaired) electrons. The van der Waals surface area contributed by atoms with Crippen LogP contribution in [0.5, 0.6) is 0 Å². The first-order chi connectivity index (χ1) is 5.34. The Morgan fingerprint density at radius 2 is 1.83 bits per heavy atom. The highest BCUT2D eigenvalue weighted by molar-refractivity contribution is 14.1. The second kappa shape index (κ2) is 3.01. The standard InChI is InChI=1S/C9H15IN2/c1-6-7(9(2,3)4)11-12(5)8(6)10/h1-5H3. The topological polar surface area (TPSA) is 17.8 Å². The Morgan fingerprint density at radius 3 is 2.00 bits per heavy atom. The van der Waals surface area contributed by atoms with Crippen LogP contribution in [0, 0.1) is 10.6 Å². The maximum atomic E-state index is 4.49. The van der Waals surface area contributed by atoms with Gasteiger partial charge in [0.05, 0.1) is 5.69 Å². The number of hydrogen-bond donors (Lipinski definition) is 0. The molecule has 12 heavy (non-hydrogen) atoms. The van der Waals surface area contributed by atoms with E-state index in [9.17, 15) is 0 Å². The van der Waals surface area contributed by atoms with Crippen molar-refractivity contribution >= 4 is 22.6 Å². The predicted molar refractivity (Wildman–Crippen MR) is 59.4 cm³/mol. The molecule has 1 aromatic heterocycles. The summed E-state index contributed by atoms with van der Waals surface area (Å²) in [5.74, 6) is 0. The van der Waals surface area contributed by atoms with Crippen molar-refractivity contribution in [3.05, 3.63) is 15.0 Å². The van der Waals surface area contributed by atoms with Gasteiger partial charge in [-0.2, -0.15) is 5.10 Å². The lowest BCUT2D eigenvalue weighted by atomic mass is 9.90. The van der Waals surface area contributed by atoms with Crippen LogP contribution in [0.4, 0.5) is 0 Å². The van der Waals surface area contributed by atoms with Crippen LogP contribution < -0.4 is 0 Å². The Bertz CT molecular complexity index is 294. The molecule has 0 aliphatic carbocycles. The third kappa shape index (κ3) is 1.65. The molecule has 0 atom stereocenters. The first-order valence-electron chi connectivity index (χ1n) is 4.03. The van der Waals surface area contributed by atoms with E-state index >= 15 is 0 Å².